The molecule has 0 radical (unpaired) electrons. The van der Waals surface area contributed by atoms with Crippen LogP contribution in [0.25, 0.3) is 0 Å². The van der Waals surface area contributed by atoms with Crippen LogP contribution in [0.4, 0.5) is 13.2 Å². The van der Waals surface area contributed by atoms with Crippen molar-refractivity contribution in [3.63, 3.8) is 0 Å². The summed E-state index contributed by atoms with van der Waals surface area (Å²) >= 11 is 14.0. The van der Waals surface area contributed by atoms with E-state index < -0.39 is 11.9 Å². The van der Waals surface area contributed by atoms with Gasteiger partial charge in [0.1, 0.15) is 0 Å². The largest absolute Gasteiger partial charge is 0.436 e. The molecule has 0 saturated heterocycles. The van der Waals surface area contributed by atoms with Gasteiger partial charge in [0.2, 0.25) is 0 Å². The summed E-state index contributed by atoms with van der Waals surface area (Å²) in [6, 6.07) is 7.40. The van der Waals surface area contributed by atoms with Crippen molar-refractivity contribution in [2.24, 2.45) is 0 Å². The Morgan fingerprint density at radius 3 is 2.50 bits per heavy atom. The number of nitrogens with zero attached hydrogens (tertiary/aromatic N) is 2. The van der Waals surface area contributed by atoms with E-state index >= 15 is 0 Å². The Bertz CT molecular complexity index is 762. The van der Waals surface area contributed by atoms with Gasteiger partial charge < -0.3 is 10.6 Å². The van der Waals surface area contributed by atoms with Gasteiger partial charge in [-0.05, 0) is 59.2 Å². The topological polar surface area (TPSA) is 41.9 Å². The van der Waals surface area contributed by atoms with Crippen molar-refractivity contribution in [1.29, 1.82) is 0 Å². The zero-order chi connectivity index (χ0) is 19.3. The minimum atomic E-state index is -4.47. The van der Waals surface area contributed by atoms with Gasteiger partial charge in [0.05, 0.1) is 10.2 Å². The Hall–Kier alpha value is -1.32. The summed E-state index contributed by atoms with van der Waals surface area (Å²) in [6.07, 6.45) is -3.89. The van der Waals surface area contributed by atoms with Crippen LogP contribution in [0.2, 0.25) is 5.02 Å². The van der Waals surface area contributed by atoms with E-state index in [9.17, 15) is 13.2 Å². The summed E-state index contributed by atoms with van der Waals surface area (Å²) in [7, 11) is 0. The lowest BCUT2D eigenvalue weighted by Gasteiger charge is -2.11. The minimum Gasteiger partial charge on any atom is -0.363 e. The van der Waals surface area contributed by atoms with E-state index in [2.05, 4.69) is 31.7 Å². The molecule has 0 aliphatic carbocycles. The molecule has 4 nitrogen and oxygen atoms in total. The van der Waals surface area contributed by atoms with E-state index in [0.717, 1.165) is 5.56 Å². The summed E-state index contributed by atoms with van der Waals surface area (Å²) in [4.78, 5) is 0. The van der Waals surface area contributed by atoms with Crippen LogP contribution in [0.5, 0.6) is 0 Å². The molecule has 0 unspecified atom stereocenters. The van der Waals surface area contributed by atoms with Gasteiger partial charge in [-0.1, -0.05) is 23.7 Å². The van der Waals surface area contributed by atoms with Crippen molar-refractivity contribution in [2.45, 2.75) is 32.6 Å². The van der Waals surface area contributed by atoms with Crippen molar-refractivity contribution >= 4 is 44.9 Å². The fraction of sp³-hybridized carbons (Fsp3) is 0.375. The molecule has 1 aromatic carbocycles. The highest BCUT2D eigenvalue weighted by Crippen LogP contribution is 2.35. The third kappa shape index (κ3) is 5.85. The van der Waals surface area contributed by atoms with Gasteiger partial charge in [0.25, 0.3) is 0 Å². The number of nitrogens with one attached hydrogen (secondary N) is 2. The van der Waals surface area contributed by atoms with Crippen LogP contribution in [0.15, 0.2) is 28.7 Å². The Morgan fingerprint density at radius 1 is 1.27 bits per heavy atom. The Balaban J connectivity index is 1.75. The number of hydrogen-bond donors (Lipinski definition) is 2. The first-order valence-electron chi connectivity index (χ1n) is 7.74. The molecule has 142 valence electrons. The number of thiocarbonyl (C=S) groups is 1. The van der Waals surface area contributed by atoms with Crippen LogP contribution >= 0.6 is 39.7 Å². The van der Waals surface area contributed by atoms with E-state index in [0.29, 0.717) is 41.9 Å². The molecule has 2 N–H and O–H groups in total. The molecule has 1 aromatic heterocycles. The number of rotatable bonds is 6. The molecule has 0 aliphatic heterocycles. The number of hydrogen-bond acceptors (Lipinski definition) is 2. The molecule has 0 aliphatic rings. The molecule has 2 rings (SSSR count). The van der Waals surface area contributed by atoms with Crippen molar-refractivity contribution in [2.75, 3.05) is 6.54 Å². The fourth-order valence-electron chi connectivity index (χ4n) is 2.20. The lowest BCUT2D eigenvalue weighted by Crippen LogP contribution is -2.35. The van der Waals surface area contributed by atoms with Gasteiger partial charge in [-0.15, -0.1) is 0 Å². The summed E-state index contributed by atoms with van der Waals surface area (Å²) in [5, 5.41) is 10.9. The maximum atomic E-state index is 12.8. The summed E-state index contributed by atoms with van der Waals surface area (Å²) < 4.78 is 39.8. The van der Waals surface area contributed by atoms with Crippen LogP contribution in [-0.4, -0.2) is 21.4 Å². The SMILES string of the molecule is Cc1c(Br)c(C(F)(F)F)nn1CCCNC(=S)NCc1ccc(Cl)cc1. The fourth-order valence-corrected chi connectivity index (χ4v) is 3.01. The first kappa shape index (κ1) is 21.0. The first-order chi connectivity index (χ1) is 12.2. The smallest absolute Gasteiger partial charge is 0.363 e. The average molecular weight is 470 g/mol. The van der Waals surface area contributed by atoms with Crippen LogP contribution < -0.4 is 10.6 Å². The molecule has 2 aromatic rings. The van der Waals surface area contributed by atoms with Gasteiger partial charge >= 0.3 is 6.18 Å². The van der Waals surface area contributed by atoms with Gasteiger partial charge in [-0.2, -0.15) is 18.3 Å². The molecule has 0 fully saturated rings. The van der Waals surface area contributed by atoms with E-state index in [-0.39, 0.29) is 4.47 Å². The number of aryl methyl sites for hydroxylation is 1. The second-order valence-corrected chi connectivity index (χ2v) is 7.20. The number of alkyl halides is 3. The normalized spacial score (nSPS) is 11.5. The quantitative estimate of drug-likeness (QED) is 0.476. The predicted molar refractivity (Wildman–Crippen MR) is 103 cm³/mol. The van der Waals surface area contributed by atoms with Crippen molar-refractivity contribution in [3.05, 3.63) is 50.7 Å². The summed E-state index contributed by atoms with van der Waals surface area (Å²) in [5.41, 5.74) is 0.583. The maximum absolute atomic E-state index is 12.8. The highest BCUT2D eigenvalue weighted by Gasteiger charge is 2.37. The van der Waals surface area contributed by atoms with Gasteiger partial charge in [0.15, 0.2) is 10.8 Å². The van der Waals surface area contributed by atoms with Crippen molar-refractivity contribution in [1.82, 2.24) is 20.4 Å². The molecule has 0 spiro atoms. The molecule has 0 amide bonds. The number of aromatic nitrogens is 2. The highest BCUT2D eigenvalue weighted by molar-refractivity contribution is 9.10. The molecule has 0 saturated carbocycles. The first-order valence-corrected chi connectivity index (χ1v) is 9.32. The van der Waals surface area contributed by atoms with Crippen LogP contribution in [-0.2, 0) is 19.3 Å². The second-order valence-electron chi connectivity index (χ2n) is 5.56. The van der Waals surface area contributed by atoms with Crippen LogP contribution in [0.3, 0.4) is 0 Å². The van der Waals surface area contributed by atoms with Gasteiger partial charge in [-0.3, -0.25) is 4.68 Å². The second kappa shape index (κ2) is 9.05. The van der Waals surface area contributed by atoms with E-state index in [1.807, 2.05) is 12.1 Å². The summed E-state index contributed by atoms with van der Waals surface area (Å²) in [6.45, 7) is 3.03. The van der Waals surface area contributed by atoms with E-state index in [1.54, 1.807) is 19.1 Å². The van der Waals surface area contributed by atoms with Gasteiger partial charge in [0, 0.05) is 24.7 Å². The van der Waals surface area contributed by atoms with E-state index in [4.69, 9.17) is 23.8 Å². The van der Waals surface area contributed by atoms with Crippen molar-refractivity contribution in [3.8, 4) is 0 Å². The summed E-state index contributed by atoms with van der Waals surface area (Å²) in [5.74, 6) is 0. The molecule has 10 heteroatoms. The third-order valence-corrected chi connectivity index (χ3v) is 5.09. The molecule has 26 heavy (non-hydrogen) atoms. The maximum Gasteiger partial charge on any atom is 0.436 e. The van der Waals surface area contributed by atoms with Crippen LogP contribution in [0, 0.1) is 6.92 Å². The lowest BCUT2D eigenvalue weighted by molar-refractivity contribution is -0.142. The molecular formula is C16H17BrClF3N4S. The molecule has 0 atom stereocenters. The standard InChI is InChI=1S/C16H17BrClF3N4S/c1-10-13(17)14(16(19,20)21)24-25(10)8-2-7-22-15(26)23-9-11-3-5-12(18)6-4-11/h3-6H,2,7-9H2,1H3,(H2,22,23,26). The Kier molecular flexibility index (Phi) is 7.31. The van der Waals surface area contributed by atoms with Crippen molar-refractivity contribution < 1.29 is 13.2 Å². The highest BCUT2D eigenvalue weighted by atomic mass is 79.9. The third-order valence-electron chi connectivity index (χ3n) is 3.60. The zero-order valence-corrected chi connectivity index (χ0v) is 17.0. The predicted octanol–water partition coefficient (Wildman–Crippen LogP) is 4.68. The van der Waals surface area contributed by atoms with Crippen LogP contribution in [0.1, 0.15) is 23.4 Å². The monoisotopic (exact) mass is 468 g/mol. The zero-order valence-electron chi connectivity index (χ0n) is 13.8. The Labute approximate surface area is 168 Å². The molecule has 0 bridgehead atoms. The molecular weight excluding hydrogens is 453 g/mol. The van der Waals surface area contributed by atoms with Gasteiger partial charge in [-0.25, -0.2) is 0 Å². The number of halogens is 5. The van der Waals surface area contributed by atoms with E-state index in [1.165, 1.54) is 4.68 Å². The lowest BCUT2D eigenvalue weighted by atomic mass is 10.2. The Morgan fingerprint density at radius 2 is 1.92 bits per heavy atom. The number of benzene rings is 1. The minimum absolute atomic E-state index is 0.0156. The molecule has 1 heterocycles. The average Bonchev–Trinajstić information content (AvgIpc) is 2.86.